The number of quaternary nitrogens is 1. The summed E-state index contributed by atoms with van der Waals surface area (Å²) in [6.07, 6.45) is 0. The van der Waals surface area contributed by atoms with Gasteiger partial charge in [0.25, 0.3) is 0 Å². The minimum atomic E-state index is -0.247. The van der Waals surface area contributed by atoms with E-state index in [1.165, 1.54) is 22.6 Å². The summed E-state index contributed by atoms with van der Waals surface area (Å²) in [5, 5.41) is 9.65. The Balaban J connectivity index is 1.95. The van der Waals surface area contributed by atoms with Crippen molar-refractivity contribution in [2.75, 3.05) is 14.1 Å². The molecule has 1 atom stereocenters. The molecule has 3 aromatic rings. The Morgan fingerprint density at radius 2 is 1.72 bits per heavy atom. The van der Waals surface area contributed by atoms with Crippen LogP contribution >= 0.6 is 11.8 Å². The summed E-state index contributed by atoms with van der Waals surface area (Å²) in [7, 11) is 4.18. The van der Waals surface area contributed by atoms with E-state index >= 15 is 0 Å². The number of aromatic nitrogens is 3. The van der Waals surface area contributed by atoms with E-state index in [0.717, 1.165) is 22.4 Å². The highest BCUT2D eigenvalue weighted by Crippen LogP contribution is 2.27. The first-order valence-electron chi connectivity index (χ1n) is 8.24. The van der Waals surface area contributed by atoms with Crippen molar-refractivity contribution in [2.45, 2.75) is 23.9 Å². The Morgan fingerprint density at radius 3 is 2.36 bits per heavy atom. The van der Waals surface area contributed by atoms with E-state index in [1.807, 2.05) is 22.8 Å². The van der Waals surface area contributed by atoms with Crippen LogP contribution in [0, 0.1) is 5.82 Å². The van der Waals surface area contributed by atoms with Crippen molar-refractivity contribution in [3.63, 3.8) is 0 Å². The normalized spacial score (nSPS) is 12.5. The molecular formula is C19H22FN4S+. The third kappa shape index (κ3) is 4.08. The first-order valence-corrected chi connectivity index (χ1v) is 9.23. The Morgan fingerprint density at radius 1 is 1.04 bits per heavy atom. The summed E-state index contributed by atoms with van der Waals surface area (Å²) in [6.45, 7) is 2.12. The average molecular weight is 357 g/mol. The van der Waals surface area contributed by atoms with Crippen LogP contribution in [0.1, 0.15) is 24.4 Å². The molecular weight excluding hydrogens is 335 g/mol. The van der Waals surface area contributed by atoms with Crippen LogP contribution in [0.25, 0.3) is 5.69 Å². The Kier molecular flexibility index (Phi) is 5.50. The van der Waals surface area contributed by atoms with Gasteiger partial charge in [0.05, 0.1) is 14.1 Å². The van der Waals surface area contributed by atoms with Crippen molar-refractivity contribution in [3.8, 4) is 5.69 Å². The highest BCUT2D eigenvalue weighted by molar-refractivity contribution is 7.98. The van der Waals surface area contributed by atoms with E-state index in [9.17, 15) is 4.39 Å². The van der Waals surface area contributed by atoms with E-state index in [-0.39, 0.29) is 11.9 Å². The number of nitrogens with zero attached hydrogens (tertiary/aromatic N) is 3. The lowest BCUT2D eigenvalue weighted by molar-refractivity contribution is -0.890. The van der Waals surface area contributed by atoms with Crippen molar-refractivity contribution >= 4 is 11.8 Å². The van der Waals surface area contributed by atoms with Gasteiger partial charge in [0.15, 0.2) is 11.0 Å². The molecule has 25 heavy (non-hydrogen) atoms. The molecule has 0 aliphatic rings. The van der Waals surface area contributed by atoms with Gasteiger partial charge in [-0.1, -0.05) is 42.1 Å². The first kappa shape index (κ1) is 17.6. The van der Waals surface area contributed by atoms with Gasteiger partial charge < -0.3 is 4.90 Å². The topological polar surface area (TPSA) is 35.1 Å². The Bertz CT molecular complexity index is 815. The monoisotopic (exact) mass is 357 g/mol. The molecule has 0 amide bonds. The first-order chi connectivity index (χ1) is 12.1. The van der Waals surface area contributed by atoms with Gasteiger partial charge in [0.1, 0.15) is 11.9 Å². The van der Waals surface area contributed by atoms with Crippen molar-refractivity contribution in [1.82, 2.24) is 14.8 Å². The second-order valence-corrected chi connectivity index (χ2v) is 7.17. The number of hydrogen-bond donors (Lipinski definition) is 1. The van der Waals surface area contributed by atoms with Crippen LogP contribution in [0.3, 0.4) is 0 Å². The van der Waals surface area contributed by atoms with Gasteiger partial charge in [-0.2, -0.15) is 0 Å². The van der Waals surface area contributed by atoms with E-state index < -0.39 is 0 Å². The number of hydrogen-bond acceptors (Lipinski definition) is 3. The van der Waals surface area contributed by atoms with Crippen LogP contribution in [0.15, 0.2) is 59.8 Å². The zero-order chi connectivity index (χ0) is 17.8. The van der Waals surface area contributed by atoms with Crippen molar-refractivity contribution in [3.05, 3.63) is 71.8 Å². The zero-order valence-electron chi connectivity index (χ0n) is 14.6. The molecule has 0 spiro atoms. The van der Waals surface area contributed by atoms with E-state index in [4.69, 9.17) is 0 Å². The number of rotatable bonds is 6. The molecule has 1 heterocycles. The van der Waals surface area contributed by atoms with Crippen molar-refractivity contribution in [2.24, 2.45) is 0 Å². The van der Waals surface area contributed by atoms with Gasteiger partial charge in [-0.3, -0.25) is 4.57 Å². The standard InChI is InChI=1S/C19H21FN4S/c1-14(23(2)3)18-21-22-19(25-13-15-7-5-4-6-8-15)24(18)17-11-9-16(20)10-12-17/h4-12,14H,13H2,1-3H3/p+1/t14-/m1/s1. The van der Waals surface area contributed by atoms with Crippen LogP contribution in [0.4, 0.5) is 4.39 Å². The molecule has 2 aromatic carbocycles. The summed E-state index contributed by atoms with van der Waals surface area (Å²) < 4.78 is 15.4. The maximum absolute atomic E-state index is 13.3. The molecule has 0 aliphatic carbocycles. The minimum absolute atomic E-state index is 0.170. The quantitative estimate of drug-likeness (QED) is 0.689. The molecule has 0 radical (unpaired) electrons. The predicted molar refractivity (Wildman–Crippen MR) is 98.5 cm³/mol. The summed E-state index contributed by atoms with van der Waals surface area (Å²) in [5.74, 6) is 1.44. The number of halogens is 1. The van der Waals surface area contributed by atoms with Gasteiger partial charge in [-0.25, -0.2) is 4.39 Å². The lowest BCUT2D eigenvalue weighted by Crippen LogP contribution is -3.05. The molecule has 0 unspecified atom stereocenters. The van der Waals surface area contributed by atoms with Crippen LogP contribution in [-0.4, -0.2) is 28.9 Å². The smallest absolute Gasteiger partial charge is 0.196 e. The van der Waals surface area contributed by atoms with Crippen LogP contribution in [0.5, 0.6) is 0 Å². The molecule has 0 aliphatic heterocycles. The van der Waals surface area contributed by atoms with Crippen LogP contribution in [0.2, 0.25) is 0 Å². The molecule has 0 bridgehead atoms. The fraction of sp³-hybridized carbons (Fsp3) is 0.263. The summed E-state index contributed by atoms with van der Waals surface area (Å²) in [5.41, 5.74) is 2.11. The van der Waals surface area contributed by atoms with Crippen LogP contribution in [-0.2, 0) is 5.75 Å². The number of benzene rings is 2. The Hall–Kier alpha value is -2.18. The molecule has 0 fully saturated rings. The summed E-state index contributed by atoms with van der Waals surface area (Å²) >= 11 is 1.64. The lowest BCUT2D eigenvalue weighted by Gasteiger charge is -2.18. The molecule has 3 rings (SSSR count). The largest absolute Gasteiger partial charge is 0.331 e. The van der Waals surface area contributed by atoms with E-state index in [0.29, 0.717) is 0 Å². The number of thioether (sulfide) groups is 1. The van der Waals surface area contributed by atoms with E-state index in [2.05, 4.69) is 43.3 Å². The third-order valence-electron chi connectivity index (χ3n) is 4.21. The third-order valence-corrected chi connectivity index (χ3v) is 5.21. The molecule has 6 heteroatoms. The van der Waals surface area contributed by atoms with Gasteiger partial charge >= 0.3 is 0 Å². The molecule has 130 valence electrons. The predicted octanol–water partition coefficient (Wildman–Crippen LogP) is 2.90. The summed E-state index contributed by atoms with van der Waals surface area (Å²) in [4.78, 5) is 1.26. The number of nitrogens with one attached hydrogen (secondary N) is 1. The lowest BCUT2D eigenvalue weighted by atomic mass is 10.2. The molecule has 1 aromatic heterocycles. The van der Waals surface area contributed by atoms with Gasteiger partial charge in [-0.15, -0.1) is 10.2 Å². The SMILES string of the molecule is C[C@H](c1nnc(SCc2ccccc2)n1-c1ccc(F)cc1)[NH+](C)C. The second-order valence-electron chi connectivity index (χ2n) is 6.23. The van der Waals surface area contributed by atoms with Crippen LogP contribution < -0.4 is 4.90 Å². The Labute approximate surface area is 151 Å². The fourth-order valence-corrected chi connectivity index (χ4v) is 3.38. The molecule has 0 saturated heterocycles. The van der Waals surface area contributed by atoms with Gasteiger partial charge in [0, 0.05) is 11.4 Å². The van der Waals surface area contributed by atoms with E-state index in [1.54, 1.807) is 23.9 Å². The average Bonchev–Trinajstić information content (AvgIpc) is 3.04. The molecule has 0 saturated carbocycles. The highest BCUT2D eigenvalue weighted by atomic mass is 32.2. The highest BCUT2D eigenvalue weighted by Gasteiger charge is 2.23. The maximum atomic E-state index is 13.3. The van der Waals surface area contributed by atoms with Gasteiger partial charge in [-0.05, 0) is 36.8 Å². The molecule has 1 N–H and O–H groups in total. The fourth-order valence-electron chi connectivity index (χ4n) is 2.47. The second kappa shape index (κ2) is 7.80. The van der Waals surface area contributed by atoms with Crippen molar-refractivity contribution < 1.29 is 9.29 Å². The summed E-state index contributed by atoms with van der Waals surface area (Å²) in [6, 6.07) is 16.9. The zero-order valence-corrected chi connectivity index (χ0v) is 15.4. The van der Waals surface area contributed by atoms with Gasteiger partial charge in [0.2, 0.25) is 0 Å². The minimum Gasteiger partial charge on any atom is -0.331 e. The maximum Gasteiger partial charge on any atom is 0.196 e. The van der Waals surface area contributed by atoms with Crippen molar-refractivity contribution in [1.29, 1.82) is 0 Å². The molecule has 4 nitrogen and oxygen atoms in total.